The first-order chi connectivity index (χ1) is 9.10. The molecule has 1 amide bonds. The summed E-state index contributed by atoms with van der Waals surface area (Å²) in [6.07, 6.45) is 2.06. The maximum Gasteiger partial charge on any atom is 0.234 e. The summed E-state index contributed by atoms with van der Waals surface area (Å²) in [6.45, 7) is 8.44. The molecule has 0 aromatic heterocycles. The Morgan fingerprint density at radius 3 is 2.32 bits per heavy atom. The first-order valence-electron chi connectivity index (χ1n) is 6.76. The van der Waals surface area contributed by atoms with Crippen molar-refractivity contribution in [2.24, 2.45) is 0 Å². The molecule has 1 rings (SSSR count). The Morgan fingerprint density at radius 2 is 1.84 bits per heavy atom. The van der Waals surface area contributed by atoms with E-state index in [-0.39, 0.29) is 11.9 Å². The number of hydrogen-bond acceptors (Lipinski definition) is 3. The summed E-state index contributed by atoms with van der Waals surface area (Å²) >= 11 is 1.72. The summed E-state index contributed by atoms with van der Waals surface area (Å²) in [5.41, 5.74) is 1.14. The zero-order valence-corrected chi connectivity index (χ0v) is 13.1. The molecular formula is C15H24N2OS. The van der Waals surface area contributed by atoms with Crippen LogP contribution in [-0.4, -0.2) is 36.7 Å². The maximum absolute atomic E-state index is 11.9. The molecule has 0 aliphatic carbocycles. The lowest BCUT2D eigenvalue weighted by Gasteiger charge is -2.20. The maximum atomic E-state index is 11.9. The highest BCUT2D eigenvalue weighted by molar-refractivity contribution is 7.98. The molecule has 0 heterocycles. The van der Waals surface area contributed by atoms with Crippen LogP contribution in [0, 0.1) is 0 Å². The molecule has 0 bridgehead atoms. The molecule has 106 valence electrons. The van der Waals surface area contributed by atoms with Crippen molar-refractivity contribution in [1.82, 2.24) is 10.2 Å². The monoisotopic (exact) mass is 280 g/mol. The molecule has 1 aromatic rings. The zero-order valence-electron chi connectivity index (χ0n) is 12.3. The summed E-state index contributed by atoms with van der Waals surface area (Å²) in [4.78, 5) is 15.3. The predicted molar refractivity (Wildman–Crippen MR) is 82.6 cm³/mol. The summed E-state index contributed by atoms with van der Waals surface area (Å²) in [5.74, 6) is 0.0881. The fourth-order valence-corrected chi connectivity index (χ4v) is 2.32. The molecule has 1 aromatic carbocycles. The summed E-state index contributed by atoms with van der Waals surface area (Å²) in [5, 5.41) is 3.05. The molecule has 4 heteroatoms. The number of rotatable bonds is 7. The highest BCUT2D eigenvalue weighted by atomic mass is 32.2. The molecule has 3 nitrogen and oxygen atoms in total. The minimum absolute atomic E-state index is 0.0546. The molecule has 19 heavy (non-hydrogen) atoms. The van der Waals surface area contributed by atoms with Crippen molar-refractivity contribution >= 4 is 17.7 Å². The Balaban J connectivity index is 2.53. The lowest BCUT2D eigenvalue weighted by molar-refractivity contribution is -0.122. The Labute approximate surface area is 120 Å². The number of nitrogens with zero attached hydrogens (tertiary/aromatic N) is 1. The van der Waals surface area contributed by atoms with E-state index in [4.69, 9.17) is 0 Å². The van der Waals surface area contributed by atoms with Crippen LogP contribution in [0.15, 0.2) is 29.2 Å². The Kier molecular flexibility index (Phi) is 6.95. The third kappa shape index (κ3) is 5.25. The van der Waals surface area contributed by atoms with Gasteiger partial charge in [0, 0.05) is 4.90 Å². The molecule has 1 atom stereocenters. The van der Waals surface area contributed by atoms with Gasteiger partial charge < -0.3 is 5.32 Å². The van der Waals surface area contributed by atoms with Gasteiger partial charge in [0.25, 0.3) is 0 Å². The first kappa shape index (κ1) is 16.1. The summed E-state index contributed by atoms with van der Waals surface area (Å²) in [6, 6.07) is 8.39. The van der Waals surface area contributed by atoms with Crippen molar-refractivity contribution in [2.75, 3.05) is 25.9 Å². The van der Waals surface area contributed by atoms with E-state index in [2.05, 4.69) is 54.6 Å². The minimum Gasteiger partial charge on any atom is -0.348 e. The van der Waals surface area contributed by atoms with Gasteiger partial charge in [-0.25, -0.2) is 0 Å². The molecule has 0 aliphatic rings. The van der Waals surface area contributed by atoms with Gasteiger partial charge in [-0.1, -0.05) is 26.0 Å². The number of carbonyl (C=O) groups is 1. The Hall–Kier alpha value is -1.00. The average Bonchev–Trinajstić information content (AvgIpc) is 2.44. The van der Waals surface area contributed by atoms with Gasteiger partial charge in [-0.2, -0.15) is 0 Å². The Morgan fingerprint density at radius 1 is 1.26 bits per heavy atom. The van der Waals surface area contributed by atoms with Gasteiger partial charge in [-0.05, 0) is 44.0 Å². The van der Waals surface area contributed by atoms with Crippen molar-refractivity contribution < 1.29 is 4.79 Å². The van der Waals surface area contributed by atoms with E-state index in [0.717, 1.165) is 18.7 Å². The van der Waals surface area contributed by atoms with Gasteiger partial charge in [-0.3, -0.25) is 9.69 Å². The summed E-state index contributed by atoms with van der Waals surface area (Å²) in [7, 11) is 0. The lowest BCUT2D eigenvalue weighted by atomic mass is 10.1. The van der Waals surface area contributed by atoms with Crippen molar-refractivity contribution in [1.29, 1.82) is 0 Å². The molecule has 1 N–H and O–H groups in total. The fourth-order valence-electron chi connectivity index (χ4n) is 1.91. The lowest BCUT2D eigenvalue weighted by Crippen LogP contribution is -2.38. The van der Waals surface area contributed by atoms with Crippen LogP contribution in [0.5, 0.6) is 0 Å². The zero-order chi connectivity index (χ0) is 14.3. The van der Waals surface area contributed by atoms with Crippen LogP contribution in [0.1, 0.15) is 32.4 Å². The van der Waals surface area contributed by atoms with Crippen molar-refractivity contribution in [3.05, 3.63) is 29.8 Å². The number of thioether (sulfide) groups is 1. The van der Waals surface area contributed by atoms with Crippen LogP contribution in [0.4, 0.5) is 0 Å². The number of hydrogen-bond donors (Lipinski definition) is 1. The van der Waals surface area contributed by atoms with Crippen LogP contribution in [-0.2, 0) is 4.79 Å². The standard InChI is InChI=1S/C15H24N2OS/c1-5-17(6-2)11-15(18)16-12(3)13-7-9-14(19-4)10-8-13/h7-10,12H,5-6,11H2,1-4H3,(H,16,18). The number of amides is 1. The van der Waals surface area contributed by atoms with E-state index >= 15 is 0 Å². The first-order valence-corrected chi connectivity index (χ1v) is 7.98. The van der Waals surface area contributed by atoms with Crippen LogP contribution < -0.4 is 5.32 Å². The van der Waals surface area contributed by atoms with Crippen molar-refractivity contribution in [2.45, 2.75) is 31.7 Å². The second-order valence-corrected chi connectivity index (χ2v) is 5.40. The van der Waals surface area contributed by atoms with E-state index < -0.39 is 0 Å². The number of benzene rings is 1. The van der Waals surface area contributed by atoms with E-state index in [1.54, 1.807) is 11.8 Å². The van der Waals surface area contributed by atoms with Gasteiger partial charge in [0.05, 0.1) is 12.6 Å². The highest BCUT2D eigenvalue weighted by Gasteiger charge is 2.11. The van der Waals surface area contributed by atoms with Gasteiger partial charge >= 0.3 is 0 Å². The second-order valence-electron chi connectivity index (χ2n) is 4.52. The Bertz CT molecular complexity index is 388. The van der Waals surface area contributed by atoms with E-state index in [1.807, 2.05) is 6.92 Å². The minimum atomic E-state index is 0.0546. The molecule has 0 fully saturated rings. The van der Waals surface area contributed by atoms with Crippen molar-refractivity contribution in [3.63, 3.8) is 0 Å². The molecule has 0 saturated heterocycles. The highest BCUT2D eigenvalue weighted by Crippen LogP contribution is 2.18. The molecule has 0 radical (unpaired) electrons. The van der Waals surface area contributed by atoms with Gasteiger partial charge in [0.15, 0.2) is 0 Å². The normalized spacial score (nSPS) is 12.5. The topological polar surface area (TPSA) is 32.3 Å². The van der Waals surface area contributed by atoms with E-state index in [0.29, 0.717) is 6.54 Å². The quantitative estimate of drug-likeness (QED) is 0.779. The molecular weight excluding hydrogens is 256 g/mol. The fraction of sp³-hybridized carbons (Fsp3) is 0.533. The number of likely N-dealkylation sites (N-methyl/N-ethyl adjacent to an activating group) is 1. The van der Waals surface area contributed by atoms with Crippen LogP contribution in [0.3, 0.4) is 0 Å². The predicted octanol–water partition coefficient (Wildman–Crippen LogP) is 2.93. The molecule has 1 unspecified atom stereocenters. The second kappa shape index (κ2) is 8.23. The van der Waals surface area contributed by atoms with Crippen LogP contribution in [0.2, 0.25) is 0 Å². The van der Waals surface area contributed by atoms with Crippen molar-refractivity contribution in [3.8, 4) is 0 Å². The number of carbonyl (C=O) groups excluding carboxylic acids is 1. The van der Waals surface area contributed by atoms with Gasteiger partial charge in [0.2, 0.25) is 5.91 Å². The SMILES string of the molecule is CCN(CC)CC(=O)NC(C)c1ccc(SC)cc1. The average molecular weight is 280 g/mol. The van der Waals surface area contributed by atoms with Gasteiger partial charge in [0.1, 0.15) is 0 Å². The molecule has 0 saturated carbocycles. The molecule has 0 spiro atoms. The number of nitrogens with one attached hydrogen (secondary N) is 1. The van der Waals surface area contributed by atoms with Crippen LogP contribution >= 0.6 is 11.8 Å². The largest absolute Gasteiger partial charge is 0.348 e. The third-order valence-electron chi connectivity index (χ3n) is 3.25. The molecule has 0 aliphatic heterocycles. The summed E-state index contributed by atoms with van der Waals surface area (Å²) < 4.78 is 0. The van der Waals surface area contributed by atoms with E-state index in [9.17, 15) is 4.79 Å². The smallest absolute Gasteiger partial charge is 0.234 e. The van der Waals surface area contributed by atoms with E-state index in [1.165, 1.54) is 4.90 Å². The van der Waals surface area contributed by atoms with Gasteiger partial charge in [-0.15, -0.1) is 11.8 Å². The van der Waals surface area contributed by atoms with Crippen LogP contribution in [0.25, 0.3) is 0 Å². The third-order valence-corrected chi connectivity index (χ3v) is 4.00.